The van der Waals surface area contributed by atoms with Crippen LogP contribution < -0.4 is 5.32 Å². The van der Waals surface area contributed by atoms with Crippen molar-refractivity contribution in [1.82, 2.24) is 5.32 Å². The van der Waals surface area contributed by atoms with Crippen LogP contribution in [0.3, 0.4) is 0 Å². The van der Waals surface area contributed by atoms with Gasteiger partial charge in [0.2, 0.25) is 0 Å². The number of nitrogens with one attached hydrogen (secondary N) is 1. The number of ether oxygens (including phenoxy) is 1. The van der Waals surface area contributed by atoms with Crippen LogP contribution in [0.4, 0.5) is 0 Å². The third kappa shape index (κ3) is 3.81. The summed E-state index contributed by atoms with van der Waals surface area (Å²) >= 11 is 1.78. The second-order valence-corrected chi connectivity index (χ2v) is 6.55. The van der Waals surface area contributed by atoms with Crippen molar-refractivity contribution in [3.05, 3.63) is 22.4 Å². The molecule has 1 aromatic rings. The fourth-order valence-corrected chi connectivity index (χ4v) is 3.48. The Kier molecular flexibility index (Phi) is 5.22. The Morgan fingerprint density at radius 3 is 2.94 bits per heavy atom. The molecule has 3 heteroatoms. The monoisotopic (exact) mass is 267 g/mol. The third-order valence-electron chi connectivity index (χ3n) is 3.77. The van der Waals surface area contributed by atoms with Crippen LogP contribution in [0.15, 0.2) is 16.8 Å². The summed E-state index contributed by atoms with van der Waals surface area (Å²) in [7, 11) is 0. The molecule has 18 heavy (non-hydrogen) atoms. The Morgan fingerprint density at radius 2 is 2.28 bits per heavy atom. The molecule has 0 unspecified atom stereocenters. The highest BCUT2D eigenvalue weighted by Gasteiger charge is 2.30. The van der Waals surface area contributed by atoms with Gasteiger partial charge in [0.1, 0.15) is 0 Å². The summed E-state index contributed by atoms with van der Waals surface area (Å²) in [6.07, 6.45) is 2.79. The summed E-state index contributed by atoms with van der Waals surface area (Å²) < 4.78 is 5.83. The maximum atomic E-state index is 5.83. The molecule has 2 nitrogen and oxygen atoms in total. The SMILES string of the molecule is CC(C)[C@H]1OCC[C@@H]1CN[C@H](C)Cc1ccsc1. The van der Waals surface area contributed by atoms with Crippen molar-refractivity contribution in [1.29, 1.82) is 0 Å². The van der Waals surface area contributed by atoms with Gasteiger partial charge in [-0.25, -0.2) is 0 Å². The average molecular weight is 267 g/mol. The number of hydrogen-bond acceptors (Lipinski definition) is 3. The smallest absolute Gasteiger partial charge is 0.0639 e. The molecule has 0 spiro atoms. The zero-order valence-corrected chi connectivity index (χ0v) is 12.5. The highest BCUT2D eigenvalue weighted by molar-refractivity contribution is 7.07. The van der Waals surface area contributed by atoms with E-state index in [9.17, 15) is 0 Å². The third-order valence-corrected chi connectivity index (χ3v) is 4.50. The minimum Gasteiger partial charge on any atom is -0.378 e. The highest BCUT2D eigenvalue weighted by Crippen LogP contribution is 2.26. The van der Waals surface area contributed by atoms with E-state index >= 15 is 0 Å². The zero-order valence-electron chi connectivity index (χ0n) is 11.7. The second kappa shape index (κ2) is 6.69. The van der Waals surface area contributed by atoms with Crippen LogP contribution in [0.25, 0.3) is 0 Å². The van der Waals surface area contributed by atoms with Crippen LogP contribution in [-0.2, 0) is 11.2 Å². The number of thiophene rings is 1. The Morgan fingerprint density at radius 1 is 1.44 bits per heavy atom. The summed E-state index contributed by atoms with van der Waals surface area (Å²) in [5.74, 6) is 1.32. The van der Waals surface area contributed by atoms with E-state index in [0.29, 0.717) is 24.0 Å². The Balaban J connectivity index is 1.73. The summed E-state index contributed by atoms with van der Waals surface area (Å²) in [6, 6.07) is 2.77. The topological polar surface area (TPSA) is 21.3 Å². The molecule has 2 heterocycles. The molecule has 3 atom stereocenters. The normalized spacial score (nSPS) is 25.8. The van der Waals surface area contributed by atoms with E-state index in [2.05, 4.69) is 42.9 Å². The quantitative estimate of drug-likeness (QED) is 0.853. The first kappa shape index (κ1) is 14.0. The van der Waals surface area contributed by atoms with Crippen molar-refractivity contribution in [2.24, 2.45) is 11.8 Å². The summed E-state index contributed by atoms with van der Waals surface area (Å²) in [5, 5.41) is 8.07. The molecule has 1 saturated heterocycles. The lowest BCUT2D eigenvalue weighted by Gasteiger charge is -2.24. The predicted octanol–water partition coefficient (Wildman–Crippen LogP) is 3.33. The molecule has 1 aliphatic rings. The molecule has 0 aromatic carbocycles. The summed E-state index contributed by atoms with van der Waals surface area (Å²) in [6.45, 7) is 8.83. The lowest BCUT2D eigenvalue weighted by atomic mass is 9.92. The molecule has 0 aliphatic carbocycles. The van der Waals surface area contributed by atoms with Gasteiger partial charge in [0.05, 0.1) is 6.10 Å². The lowest BCUT2D eigenvalue weighted by Crippen LogP contribution is -2.36. The van der Waals surface area contributed by atoms with E-state index in [1.807, 2.05) is 0 Å². The molecule has 1 fully saturated rings. The van der Waals surface area contributed by atoms with Gasteiger partial charge in [-0.2, -0.15) is 11.3 Å². The number of hydrogen-bond donors (Lipinski definition) is 1. The lowest BCUT2D eigenvalue weighted by molar-refractivity contribution is 0.0535. The van der Waals surface area contributed by atoms with Crippen molar-refractivity contribution >= 4 is 11.3 Å². The van der Waals surface area contributed by atoms with Crippen LogP contribution in [0.1, 0.15) is 32.8 Å². The first-order valence-electron chi connectivity index (χ1n) is 7.03. The van der Waals surface area contributed by atoms with E-state index in [1.54, 1.807) is 11.3 Å². The Bertz CT molecular complexity index is 336. The van der Waals surface area contributed by atoms with Gasteiger partial charge in [-0.15, -0.1) is 0 Å². The standard InChI is InChI=1S/C15H25NOS/c1-11(2)15-14(4-6-17-15)9-16-12(3)8-13-5-7-18-10-13/h5,7,10-12,14-16H,4,6,8-9H2,1-3H3/t12-,14-,15-/m1/s1. The van der Waals surface area contributed by atoms with E-state index in [-0.39, 0.29) is 0 Å². The van der Waals surface area contributed by atoms with Crippen LogP contribution in [-0.4, -0.2) is 25.3 Å². The summed E-state index contributed by atoms with van der Waals surface area (Å²) in [4.78, 5) is 0. The van der Waals surface area contributed by atoms with E-state index in [1.165, 1.54) is 12.0 Å². The van der Waals surface area contributed by atoms with Gasteiger partial charge in [-0.1, -0.05) is 13.8 Å². The van der Waals surface area contributed by atoms with Crippen molar-refractivity contribution in [3.63, 3.8) is 0 Å². The first-order chi connectivity index (χ1) is 8.66. The van der Waals surface area contributed by atoms with Gasteiger partial charge < -0.3 is 10.1 Å². The molecule has 2 rings (SSSR count). The fourth-order valence-electron chi connectivity index (χ4n) is 2.80. The second-order valence-electron chi connectivity index (χ2n) is 5.77. The molecule has 1 aliphatic heterocycles. The number of rotatable bonds is 6. The van der Waals surface area contributed by atoms with Crippen LogP contribution in [0, 0.1) is 11.8 Å². The van der Waals surface area contributed by atoms with Gasteiger partial charge in [-0.3, -0.25) is 0 Å². The average Bonchev–Trinajstić information content (AvgIpc) is 2.96. The van der Waals surface area contributed by atoms with E-state index in [4.69, 9.17) is 4.74 Å². The first-order valence-corrected chi connectivity index (χ1v) is 7.97. The molecule has 0 radical (unpaired) electrons. The van der Waals surface area contributed by atoms with Crippen molar-refractivity contribution in [2.75, 3.05) is 13.2 Å². The van der Waals surface area contributed by atoms with Gasteiger partial charge >= 0.3 is 0 Å². The van der Waals surface area contributed by atoms with Crippen LogP contribution in [0.2, 0.25) is 0 Å². The maximum Gasteiger partial charge on any atom is 0.0639 e. The molecular formula is C15H25NOS. The van der Waals surface area contributed by atoms with Crippen molar-refractivity contribution in [3.8, 4) is 0 Å². The van der Waals surface area contributed by atoms with Crippen molar-refractivity contribution in [2.45, 2.75) is 45.8 Å². The van der Waals surface area contributed by atoms with Crippen LogP contribution in [0.5, 0.6) is 0 Å². The Labute approximate surface area is 115 Å². The predicted molar refractivity (Wildman–Crippen MR) is 78.2 cm³/mol. The van der Waals surface area contributed by atoms with Crippen LogP contribution >= 0.6 is 11.3 Å². The van der Waals surface area contributed by atoms with Gasteiger partial charge in [-0.05, 0) is 54.0 Å². The molecule has 0 amide bonds. The van der Waals surface area contributed by atoms with Gasteiger partial charge in [0.15, 0.2) is 0 Å². The molecule has 0 saturated carbocycles. The van der Waals surface area contributed by atoms with Gasteiger partial charge in [0.25, 0.3) is 0 Å². The van der Waals surface area contributed by atoms with Crippen molar-refractivity contribution < 1.29 is 4.74 Å². The minimum atomic E-state index is 0.450. The Hall–Kier alpha value is -0.380. The highest BCUT2D eigenvalue weighted by atomic mass is 32.1. The van der Waals surface area contributed by atoms with Gasteiger partial charge in [0, 0.05) is 19.2 Å². The maximum absolute atomic E-state index is 5.83. The molecule has 102 valence electrons. The molecule has 1 N–H and O–H groups in total. The van der Waals surface area contributed by atoms with E-state index in [0.717, 1.165) is 19.6 Å². The fraction of sp³-hybridized carbons (Fsp3) is 0.733. The minimum absolute atomic E-state index is 0.450. The molecule has 0 bridgehead atoms. The molecular weight excluding hydrogens is 242 g/mol. The summed E-state index contributed by atoms with van der Waals surface area (Å²) in [5.41, 5.74) is 1.45. The molecule has 1 aromatic heterocycles. The zero-order chi connectivity index (χ0) is 13.0. The van der Waals surface area contributed by atoms with E-state index < -0.39 is 0 Å². The largest absolute Gasteiger partial charge is 0.378 e.